The van der Waals surface area contributed by atoms with Gasteiger partial charge in [-0.05, 0) is 37.1 Å². The number of sulfonamides is 1. The van der Waals surface area contributed by atoms with Crippen molar-refractivity contribution in [2.45, 2.75) is 23.9 Å². The Balaban J connectivity index is 1.80. The first-order valence-corrected chi connectivity index (χ1v) is 9.81. The minimum absolute atomic E-state index is 0.121. The molecule has 0 aliphatic carbocycles. The summed E-state index contributed by atoms with van der Waals surface area (Å²) in [5.41, 5.74) is -1.07. The lowest BCUT2D eigenvalue weighted by molar-refractivity contribution is -0.137. The van der Waals surface area contributed by atoms with E-state index in [4.69, 9.17) is 11.6 Å². The lowest BCUT2D eigenvalue weighted by Gasteiger charge is -2.13. The topological polar surface area (TPSA) is 82.3 Å². The molecule has 27 heavy (non-hydrogen) atoms. The van der Waals surface area contributed by atoms with Gasteiger partial charge in [0.25, 0.3) is 15.9 Å². The van der Waals surface area contributed by atoms with E-state index in [9.17, 15) is 26.4 Å². The molecule has 0 bridgehead atoms. The highest BCUT2D eigenvalue weighted by atomic mass is 35.5. The zero-order chi connectivity index (χ0) is 19.8. The number of aromatic nitrogens is 1. The minimum atomic E-state index is -4.59. The zero-order valence-corrected chi connectivity index (χ0v) is 15.4. The number of hydrogen-bond donors (Lipinski definition) is 2. The number of H-pyrrole nitrogens is 1. The van der Waals surface area contributed by atoms with Gasteiger partial charge in [0.2, 0.25) is 0 Å². The van der Waals surface area contributed by atoms with Gasteiger partial charge in [0.15, 0.2) is 0 Å². The molecular formula is C16H15ClF3N3O3S. The molecule has 1 aliphatic heterocycles. The number of halogens is 4. The highest BCUT2D eigenvalue weighted by molar-refractivity contribution is 7.92. The van der Waals surface area contributed by atoms with Gasteiger partial charge in [-0.15, -0.1) is 0 Å². The molecule has 1 aromatic heterocycles. The molecule has 1 aliphatic rings. The van der Waals surface area contributed by atoms with Crippen LogP contribution in [0.15, 0.2) is 35.4 Å². The van der Waals surface area contributed by atoms with Crippen molar-refractivity contribution in [3.05, 3.63) is 46.7 Å². The third-order valence-corrected chi connectivity index (χ3v) is 5.79. The number of rotatable bonds is 4. The molecule has 2 N–H and O–H groups in total. The van der Waals surface area contributed by atoms with Gasteiger partial charge in [0.05, 0.1) is 16.3 Å². The number of nitrogens with one attached hydrogen (secondary N) is 2. The molecule has 146 valence electrons. The maximum Gasteiger partial charge on any atom is 0.416 e. The second kappa shape index (κ2) is 7.08. The highest BCUT2D eigenvalue weighted by Gasteiger charge is 2.31. The zero-order valence-electron chi connectivity index (χ0n) is 13.8. The smallest absolute Gasteiger partial charge is 0.356 e. The van der Waals surface area contributed by atoms with Crippen molar-refractivity contribution in [2.75, 3.05) is 17.8 Å². The second-order valence-electron chi connectivity index (χ2n) is 6.05. The number of carbonyl (C=O) groups excluding carboxylic acids is 1. The Labute approximate surface area is 158 Å². The summed E-state index contributed by atoms with van der Waals surface area (Å²) in [4.78, 5) is 16.3. The van der Waals surface area contributed by atoms with Crippen molar-refractivity contribution < 1.29 is 26.4 Å². The van der Waals surface area contributed by atoms with Gasteiger partial charge in [-0.3, -0.25) is 9.52 Å². The number of anilines is 1. The molecule has 11 heteroatoms. The van der Waals surface area contributed by atoms with Crippen molar-refractivity contribution in [3.8, 4) is 0 Å². The maximum absolute atomic E-state index is 12.7. The molecule has 0 spiro atoms. The number of alkyl halides is 3. The summed E-state index contributed by atoms with van der Waals surface area (Å²) < 4.78 is 65.1. The van der Waals surface area contributed by atoms with Crippen LogP contribution in [0.2, 0.25) is 5.02 Å². The Kier molecular flexibility index (Phi) is 5.13. The first kappa shape index (κ1) is 19.6. The summed E-state index contributed by atoms with van der Waals surface area (Å²) in [6.07, 6.45) is -1.66. The number of benzene rings is 1. The monoisotopic (exact) mass is 421 g/mol. The van der Waals surface area contributed by atoms with Crippen LogP contribution < -0.4 is 4.72 Å². The van der Waals surface area contributed by atoms with Gasteiger partial charge in [-0.2, -0.15) is 13.2 Å². The first-order chi connectivity index (χ1) is 12.6. The Morgan fingerprint density at radius 3 is 2.44 bits per heavy atom. The van der Waals surface area contributed by atoms with Gasteiger partial charge in [-0.25, -0.2) is 8.42 Å². The molecular weight excluding hydrogens is 407 g/mol. The molecule has 0 saturated carbocycles. The largest absolute Gasteiger partial charge is 0.416 e. The van der Waals surface area contributed by atoms with Crippen LogP contribution in [0, 0.1) is 0 Å². The number of likely N-dealkylation sites (tertiary alicyclic amines) is 1. The van der Waals surface area contributed by atoms with E-state index in [1.54, 1.807) is 4.90 Å². The van der Waals surface area contributed by atoms with Gasteiger partial charge in [0.1, 0.15) is 10.6 Å². The molecule has 2 aromatic rings. The van der Waals surface area contributed by atoms with Crippen molar-refractivity contribution >= 4 is 33.2 Å². The summed E-state index contributed by atoms with van der Waals surface area (Å²) in [5.74, 6) is -0.304. The second-order valence-corrected chi connectivity index (χ2v) is 8.14. The fraction of sp³-hybridized carbons (Fsp3) is 0.312. The van der Waals surface area contributed by atoms with Crippen LogP contribution in [0.4, 0.5) is 18.9 Å². The van der Waals surface area contributed by atoms with Gasteiger partial charge >= 0.3 is 6.18 Å². The average molecular weight is 422 g/mol. The van der Waals surface area contributed by atoms with Crippen LogP contribution in [0.25, 0.3) is 0 Å². The molecule has 2 heterocycles. The highest BCUT2D eigenvalue weighted by Crippen LogP contribution is 2.34. The molecule has 0 radical (unpaired) electrons. The van der Waals surface area contributed by atoms with Crippen molar-refractivity contribution in [1.29, 1.82) is 0 Å². The molecule has 1 aromatic carbocycles. The van der Waals surface area contributed by atoms with Crippen molar-refractivity contribution in [3.63, 3.8) is 0 Å². The number of aromatic amines is 1. The van der Waals surface area contributed by atoms with E-state index < -0.39 is 26.8 Å². The Morgan fingerprint density at radius 1 is 1.19 bits per heavy atom. The number of carbonyl (C=O) groups is 1. The molecule has 1 saturated heterocycles. The molecule has 1 amide bonds. The van der Waals surface area contributed by atoms with Gasteiger partial charge in [-0.1, -0.05) is 11.6 Å². The third-order valence-electron chi connectivity index (χ3n) is 4.13. The number of hydrogen-bond acceptors (Lipinski definition) is 3. The van der Waals surface area contributed by atoms with Crippen LogP contribution in [-0.4, -0.2) is 37.3 Å². The summed E-state index contributed by atoms with van der Waals surface area (Å²) in [6.45, 7) is 1.22. The van der Waals surface area contributed by atoms with E-state index in [1.165, 1.54) is 6.07 Å². The predicted molar refractivity (Wildman–Crippen MR) is 93.2 cm³/mol. The SMILES string of the molecule is O=C(c1cc(S(=O)(=O)Nc2ccc(C(F)(F)F)cc2Cl)c[nH]1)N1CCCC1. The molecule has 0 unspecified atom stereocenters. The maximum atomic E-state index is 12.7. The fourth-order valence-corrected chi connectivity index (χ4v) is 4.08. The van der Waals surface area contributed by atoms with E-state index in [-0.39, 0.29) is 22.2 Å². The predicted octanol–water partition coefficient (Wildman–Crippen LogP) is 3.72. The molecule has 0 atom stereocenters. The summed E-state index contributed by atoms with van der Waals surface area (Å²) >= 11 is 5.78. The lowest BCUT2D eigenvalue weighted by atomic mass is 10.2. The number of amides is 1. The van der Waals surface area contributed by atoms with Gasteiger partial charge < -0.3 is 9.88 Å². The number of nitrogens with zero attached hydrogens (tertiary/aromatic N) is 1. The Morgan fingerprint density at radius 2 is 1.85 bits per heavy atom. The molecule has 1 fully saturated rings. The Bertz CT molecular complexity index is 967. The molecule has 3 rings (SSSR count). The quantitative estimate of drug-likeness (QED) is 0.789. The standard InChI is InChI=1S/C16H15ClF3N3O3S/c17-12-7-10(16(18,19)20)3-4-13(12)22-27(25,26)11-8-14(21-9-11)15(24)23-5-1-2-6-23/h3-4,7-9,21-22H,1-2,5-6H2. The minimum Gasteiger partial charge on any atom is -0.356 e. The van der Waals surface area contributed by atoms with Gasteiger partial charge in [0, 0.05) is 19.3 Å². The van der Waals surface area contributed by atoms with Crippen LogP contribution in [-0.2, 0) is 16.2 Å². The normalized spacial score (nSPS) is 15.2. The summed E-state index contributed by atoms with van der Waals surface area (Å²) in [7, 11) is -4.14. The van der Waals surface area contributed by atoms with Crippen LogP contribution in [0.3, 0.4) is 0 Å². The van der Waals surface area contributed by atoms with Crippen LogP contribution >= 0.6 is 11.6 Å². The van der Waals surface area contributed by atoms with Crippen LogP contribution in [0.5, 0.6) is 0 Å². The van der Waals surface area contributed by atoms with E-state index in [0.717, 1.165) is 31.2 Å². The lowest BCUT2D eigenvalue weighted by Crippen LogP contribution is -2.27. The van der Waals surface area contributed by atoms with E-state index in [2.05, 4.69) is 9.71 Å². The third kappa shape index (κ3) is 4.22. The van der Waals surface area contributed by atoms with E-state index in [0.29, 0.717) is 19.2 Å². The van der Waals surface area contributed by atoms with E-state index >= 15 is 0 Å². The van der Waals surface area contributed by atoms with Crippen molar-refractivity contribution in [2.24, 2.45) is 0 Å². The average Bonchev–Trinajstić information content (AvgIpc) is 3.27. The fourth-order valence-electron chi connectivity index (χ4n) is 2.72. The van der Waals surface area contributed by atoms with Crippen LogP contribution in [0.1, 0.15) is 28.9 Å². The van der Waals surface area contributed by atoms with Crippen molar-refractivity contribution in [1.82, 2.24) is 9.88 Å². The first-order valence-electron chi connectivity index (χ1n) is 7.95. The molecule has 6 nitrogen and oxygen atoms in total. The summed E-state index contributed by atoms with van der Waals surface area (Å²) in [6, 6.07) is 3.48. The van der Waals surface area contributed by atoms with E-state index in [1.807, 2.05) is 0 Å². The Hall–Kier alpha value is -2.20. The summed E-state index contributed by atoms with van der Waals surface area (Å²) in [5, 5.41) is -0.391.